The molecule has 0 aromatic carbocycles. The molecule has 0 aromatic rings. The van der Waals surface area contributed by atoms with Crippen molar-refractivity contribution in [2.45, 2.75) is 106 Å². The number of rotatable bonds is 13. The van der Waals surface area contributed by atoms with Crippen LogP contribution in [-0.2, 0) is 9.59 Å². The minimum atomic E-state index is -0.201. The summed E-state index contributed by atoms with van der Waals surface area (Å²) >= 11 is 0. The molecule has 0 fully saturated rings. The number of unbranched alkanes of at least 4 members (excludes halogenated alkanes) is 1. The number of carbonyl (C=O) groups is 2. The molecule has 0 aliphatic heterocycles. The Bertz CT molecular complexity index is 582. The van der Waals surface area contributed by atoms with Crippen molar-refractivity contribution in [2.24, 2.45) is 15.4 Å². The van der Waals surface area contributed by atoms with Crippen molar-refractivity contribution in [3.8, 4) is 0 Å². The summed E-state index contributed by atoms with van der Waals surface area (Å²) in [6.45, 7) is 21.7. The summed E-state index contributed by atoms with van der Waals surface area (Å²) in [4.78, 5) is 30.5. The van der Waals surface area contributed by atoms with E-state index in [4.69, 9.17) is 0 Å². The van der Waals surface area contributed by atoms with Crippen molar-refractivity contribution in [1.82, 2.24) is 16.0 Å². The molecule has 1 amide bonds. The summed E-state index contributed by atoms with van der Waals surface area (Å²) in [6, 6.07) is -0.00892. The third-order valence-corrected chi connectivity index (χ3v) is 5.96. The highest BCUT2D eigenvalue weighted by molar-refractivity contribution is 5.91. The highest BCUT2D eigenvalue weighted by Gasteiger charge is 2.25. The Morgan fingerprint density at radius 3 is 1.56 bits per heavy atom. The van der Waals surface area contributed by atoms with Crippen molar-refractivity contribution >= 4 is 23.6 Å². The summed E-state index contributed by atoms with van der Waals surface area (Å²) in [6.07, 6.45) is 3.65. The van der Waals surface area contributed by atoms with Gasteiger partial charge in [-0.3, -0.25) is 19.6 Å². The number of amides is 1. The predicted octanol–water partition coefficient (Wildman–Crippen LogP) is 3.81. The molecule has 3 N–H and O–H groups in total. The standard InChI is InChI=1S/C16H33N5O.C9H18O/c1-12(17-7)15(3,4)20-9-14(19-11-22)10-21-16(5,6)13(2)18-8;1-5-6-7-8(10)9(2,3)4/h11,14,20-21H,9-10H2,1-8H3,(H,19,22);5-7H2,1-4H3. The van der Waals surface area contributed by atoms with Crippen LogP contribution in [0.4, 0.5) is 0 Å². The lowest BCUT2D eigenvalue weighted by Crippen LogP contribution is -2.56. The Balaban J connectivity index is 0. The first-order valence-electron chi connectivity index (χ1n) is 11.7. The van der Waals surface area contributed by atoms with Crippen LogP contribution in [0.25, 0.3) is 0 Å². The van der Waals surface area contributed by atoms with Gasteiger partial charge in [0.15, 0.2) is 0 Å². The zero-order valence-electron chi connectivity index (χ0n) is 22.9. The van der Waals surface area contributed by atoms with Crippen LogP contribution in [0.1, 0.15) is 88.5 Å². The van der Waals surface area contributed by atoms with Gasteiger partial charge in [-0.1, -0.05) is 34.1 Å². The van der Waals surface area contributed by atoms with Crippen LogP contribution < -0.4 is 16.0 Å². The fraction of sp³-hybridized carbons (Fsp3) is 0.840. The van der Waals surface area contributed by atoms with E-state index in [0.717, 1.165) is 37.1 Å². The van der Waals surface area contributed by atoms with Crippen molar-refractivity contribution in [2.75, 3.05) is 27.2 Å². The van der Waals surface area contributed by atoms with Gasteiger partial charge in [0.25, 0.3) is 0 Å². The molecular formula is C25H51N5O2. The number of carbonyl (C=O) groups excluding carboxylic acids is 2. The first-order chi connectivity index (χ1) is 14.6. The lowest BCUT2D eigenvalue weighted by atomic mass is 9.88. The van der Waals surface area contributed by atoms with Gasteiger partial charge in [-0.15, -0.1) is 0 Å². The number of hydrogen-bond acceptors (Lipinski definition) is 6. The summed E-state index contributed by atoms with van der Waals surface area (Å²) in [5.74, 6) is 0.384. The fourth-order valence-corrected chi connectivity index (χ4v) is 2.57. The molecule has 0 spiro atoms. The van der Waals surface area contributed by atoms with Gasteiger partial charge in [0.2, 0.25) is 6.41 Å². The maximum atomic E-state index is 11.2. The molecule has 0 heterocycles. The maximum absolute atomic E-state index is 11.2. The van der Waals surface area contributed by atoms with E-state index in [2.05, 4.69) is 60.6 Å². The molecule has 188 valence electrons. The van der Waals surface area contributed by atoms with E-state index in [1.54, 1.807) is 14.1 Å². The van der Waals surface area contributed by atoms with Crippen molar-refractivity contribution in [3.05, 3.63) is 0 Å². The molecule has 0 radical (unpaired) electrons. The molecule has 0 unspecified atom stereocenters. The Labute approximate surface area is 197 Å². The minimum Gasteiger partial charge on any atom is -0.353 e. The lowest BCUT2D eigenvalue weighted by Gasteiger charge is -2.32. The van der Waals surface area contributed by atoms with Crippen LogP contribution in [0, 0.1) is 5.41 Å². The smallest absolute Gasteiger partial charge is 0.207 e. The van der Waals surface area contributed by atoms with Gasteiger partial charge in [0.1, 0.15) is 5.78 Å². The van der Waals surface area contributed by atoms with Gasteiger partial charge in [-0.25, -0.2) is 0 Å². The van der Waals surface area contributed by atoms with Crippen molar-refractivity contribution < 1.29 is 9.59 Å². The molecule has 0 rings (SSSR count). The molecule has 0 aliphatic rings. The molecule has 0 saturated carbocycles. The minimum absolute atomic E-state index is 0.00892. The summed E-state index contributed by atoms with van der Waals surface area (Å²) in [5.41, 5.74) is 1.52. The normalized spacial score (nSPS) is 14.4. The molecule has 0 aromatic heterocycles. The van der Waals surface area contributed by atoms with E-state index in [9.17, 15) is 9.59 Å². The van der Waals surface area contributed by atoms with Crippen molar-refractivity contribution in [3.63, 3.8) is 0 Å². The van der Waals surface area contributed by atoms with Gasteiger partial charge >= 0.3 is 0 Å². The van der Waals surface area contributed by atoms with Crippen LogP contribution in [0.2, 0.25) is 0 Å². The predicted molar refractivity (Wildman–Crippen MR) is 139 cm³/mol. The van der Waals surface area contributed by atoms with Crippen LogP contribution in [0.15, 0.2) is 9.98 Å². The van der Waals surface area contributed by atoms with E-state index < -0.39 is 0 Å². The van der Waals surface area contributed by atoms with Gasteiger partial charge in [0.05, 0.1) is 17.1 Å². The topological polar surface area (TPSA) is 94.9 Å². The third kappa shape index (κ3) is 13.7. The number of Topliss-reactive ketones (excluding diaryl/α,β-unsaturated/α-hetero) is 1. The zero-order chi connectivity index (χ0) is 25.6. The second-order valence-corrected chi connectivity index (χ2v) is 10.4. The zero-order valence-corrected chi connectivity index (χ0v) is 22.9. The molecule has 0 atom stereocenters. The van der Waals surface area contributed by atoms with E-state index in [1.807, 2.05) is 34.6 Å². The summed E-state index contributed by atoms with van der Waals surface area (Å²) in [7, 11) is 3.58. The molecule has 7 nitrogen and oxygen atoms in total. The van der Waals surface area contributed by atoms with Gasteiger partial charge in [-0.2, -0.15) is 0 Å². The van der Waals surface area contributed by atoms with E-state index >= 15 is 0 Å². The van der Waals surface area contributed by atoms with Crippen LogP contribution >= 0.6 is 0 Å². The average Bonchev–Trinajstić information content (AvgIpc) is 2.72. The average molecular weight is 454 g/mol. The second-order valence-electron chi connectivity index (χ2n) is 10.4. The SMILES string of the molecule is CCCCC(=O)C(C)(C)C.CN=C(C)C(C)(C)NCC(CNC(C)(C)C(C)=NC)NC=O. The number of nitrogens with one attached hydrogen (secondary N) is 3. The Morgan fingerprint density at radius 1 is 0.875 bits per heavy atom. The third-order valence-electron chi connectivity index (χ3n) is 5.96. The molecular weight excluding hydrogens is 402 g/mol. The monoisotopic (exact) mass is 453 g/mol. The number of aliphatic imine (C=N–C) groups is 2. The molecule has 7 heteroatoms. The van der Waals surface area contributed by atoms with Crippen LogP contribution in [0.5, 0.6) is 0 Å². The van der Waals surface area contributed by atoms with Gasteiger partial charge in [0, 0.05) is 50.4 Å². The Hall–Kier alpha value is -1.60. The summed E-state index contributed by atoms with van der Waals surface area (Å²) in [5, 5.41) is 9.76. The van der Waals surface area contributed by atoms with Crippen LogP contribution in [-0.4, -0.2) is 67.9 Å². The number of nitrogens with zero attached hydrogens (tertiary/aromatic N) is 2. The Morgan fingerprint density at radius 2 is 1.28 bits per heavy atom. The summed E-state index contributed by atoms with van der Waals surface area (Å²) < 4.78 is 0. The molecule has 0 aliphatic carbocycles. The highest BCUT2D eigenvalue weighted by Crippen LogP contribution is 2.17. The van der Waals surface area contributed by atoms with E-state index in [0.29, 0.717) is 18.9 Å². The van der Waals surface area contributed by atoms with Crippen LogP contribution in [0.3, 0.4) is 0 Å². The van der Waals surface area contributed by atoms with E-state index in [-0.39, 0.29) is 22.5 Å². The Kier molecular flexibility index (Phi) is 15.6. The quantitative estimate of drug-likeness (QED) is 0.292. The fourth-order valence-electron chi connectivity index (χ4n) is 2.57. The lowest BCUT2D eigenvalue weighted by molar-refractivity contribution is -0.126. The molecule has 0 saturated heterocycles. The molecule has 0 bridgehead atoms. The second kappa shape index (κ2) is 15.3. The number of ketones is 1. The van der Waals surface area contributed by atoms with Gasteiger partial charge in [-0.05, 0) is 48.0 Å². The van der Waals surface area contributed by atoms with Gasteiger partial charge < -0.3 is 16.0 Å². The van der Waals surface area contributed by atoms with E-state index in [1.165, 1.54) is 0 Å². The first-order valence-corrected chi connectivity index (χ1v) is 11.7. The highest BCUT2D eigenvalue weighted by atomic mass is 16.1. The number of hydrogen-bond donors (Lipinski definition) is 3. The maximum Gasteiger partial charge on any atom is 0.207 e. The molecule has 32 heavy (non-hydrogen) atoms. The van der Waals surface area contributed by atoms with Crippen molar-refractivity contribution in [1.29, 1.82) is 0 Å². The first kappa shape index (κ1) is 32.6. The largest absolute Gasteiger partial charge is 0.353 e.